The molecule has 1 saturated heterocycles. The number of hydrogen-bond donors (Lipinski definition) is 2. The third-order valence-electron chi connectivity index (χ3n) is 3.98. The molecule has 3 N–H and O–H groups in total. The van der Waals surface area contributed by atoms with E-state index in [2.05, 4.69) is 5.32 Å². The van der Waals surface area contributed by atoms with Crippen molar-refractivity contribution in [3.05, 3.63) is 29.8 Å². The number of methoxy groups -OCH3 is 1. The predicted molar refractivity (Wildman–Crippen MR) is 76.5 cm³/mol. The Morgan fingerprint density at radius 3 is 2.95 bits per heavy atom. The van der Waals surface area contributed by atoms with Crippen molar-refractivity contribution in [3.8, 4) is 5.75 Å². The van der Waals surface area contributed by atoms with Crippen molar-refractivity contribution in [2.24, 2.45) is 11.1 Å². The van der Waals surface area contributed by atoms with Gasteiger partial charge in [-0.1, -0.05) is 12.1 Å². The molecule has 1 fully saturated rings. The largest absolute Gasteiger partial charge is 0.497 e. The van der Waals surface area contributed by atoms with Crippen LogP contribution in [0.3, 0.4) is 0 Å². The van der Waals surface area contributed by atoms with Crippen LogP contribution < -0.4 is 15.8 Å². The van der Waals surface area contributed by atoms with Crippen molar-refractivity contribution in [2.45, 2.75) is 25.9 Å². The molecular formula is C15H22N2O3. The molecular weight excluding hydrogens is 256 g/mol. The molecule has 0 saturated carbocycles. The molecule has 0 bridgehead atoms. The summed E-state index contributed by atoms with van der Waals surface area (Å²) in [6.07, 6.45) is 0. The van der Waals surface area contributed by atoms with Gasteiger partial charge >= 0.3 is 0 Å². The van der Waals surface area contributed by atoms with Crippen LogP contribution in [-0.2, 0) is 9.53 Å². The van der Waals surface area contributed by atoms with E-state index < -0.39 is 5.41 Å². The lowest BCUT2D eigenvalue weighted by molar-refractivity contribution is -0.131. The number of benzene rings is 1. The molecule has 0 aliphatic carbocycles. The van der Waals surface area contributed by atoms with Gasteiger partial charge in [-0.3, -0.25) is 4.79 Å². The maximum Gasteiger partial charge on any atom is 0.230 e. The molecule has 1 heterocycles. The second-order valence-electron chi connectivity index (χ2n) is 5.51. The van der Waals surface area contributed by atoms with Crippen LogP contribution in [0.1, 0.15) is 25.5 Å². The molecule has 0 spiro atoms. The number of rotatable bonds is 4. The van der Waals surface area contributed by atoms with E-state index in [1.165, 1.54) is 0 Å². The summed E-state index contributed by atoms with van der Waals surface area (Å²) < 4.78 is 10.5. The lowest BCUT2D eigenvalue weighted by atomic mass is 9.84. The van der Waals surface area contributed by atoms with Crippen LogP contribution in [0.2, 0.25) is 0 Å². The topological polar surface area (TPSA) is 73.6 Å². The molecule has 3 atom stereocenters. The first kappa shape index (κ1) is 14.8. The summed E-state index contributed by atoms with van der Waals surface area (Å²) in [6.45, 7) is 4.58. The molecule has 20 heavy (non-hydrogen) atoms. The highest BCUT2D eigenvalue weighted by Crippen LogP contribution is 2.28. The van der Waals surface area contributed by atoms with E-state index in [1.54, 1.807) is 7.11 Å². The van der Waals surface area contributed by atoms with Gasteiger partial charge in [0, 0.05) is 6.04 Å². The molecule has 1 aliphatic rings. The Hall–Kier alpha value is -1.59. The molecule has 0 aromatic heterocycles. The Labute approximate surface area is 119 Å². The smallest absolute Gasteiger partial charge is 0.230 e. The zero-order valence-corrected chi connectivity index (χ0v) is 12.2. The Morgan fingerprint density at radius 2 is 2.35 bits per heavy atom. The molecule has 2 rings (SSSR count). The summed E-state index contributed by atoms with van der Waals surface area (Å²) in [7, 11) is 1.62. The van der Waals surface area contributed by atoms with E-state index >= 15 is 0 Å². The van der Waals surface area contributed by atoms with Crippen molar-refractivity contribution < 1.29 is 14.3 Å². The van der Waals surface area contributed by atoms with Crippen LogP contribution >= 0.6 is 0 Å². The van der Waals surface area contributed by atoms with Crippen LogP contribution in [0, 0.1) is 5.41 Å². The number of carbonyl (C=O) groups excluding carboxylic acids is 1. The lowest BCUT2D eigenvalue weighted by Gasteiger charge is -2.27. The van der Waals surface area contributed by atoms with E-state index in [1.807, 2.05) is 38.1 Å². The van der Waals surface area contributed by atoms with Gasteiger partial charge in [0.1, 0.15) is 5.75 Å². The van der Waals surface area contributed by atoms with Crippen molar-refractivity contribution in [1.82, 2.24) is 5.32 Å². The molecule has 1 amide bonds. The van der Waals surface area contributed by atoms with Crippen LogP contribution in [0.25, 0.3) is 0 Å². The van der Waals surface area contributed by atoms with Crippen molar-refractivity contribution in [3.63, 3.8) is 0 Å². The number of hydrogen-bond acceptors (Lipinski definition) is 4. The number of nitrogens with two attached hydrogens (primary N) is 1. The van der Waals surface area contributed by atoms with E-state index in [-0.39, 0.29) is 18.0 Å². The van der Waals surface area contributed by atoms with E-state index in [4.69, 9.17) is 15.2 Å². The molecule has 1 aromatic rings. The van der Waals surface area contributed by atoms with Gasteiger partial charge in [0.2, 0.25) is 5.91 Å². The number of carbonyl (C=O) groups is 1. The maximum absolute atomic E-state index is 12.4. The molecule has 1 aliphatic heterocycles. The third kappa shape index (κ3) is 2.78. The Bertz CT molecular complexity index is 492. The maximum atomic E-state index is 12.4. The SMILES string of the molecule is COc1cccc([C@@H](C)NC(=O)C2(C)COCC2N)c1. The second kappa shape index (κ2) is 5.81. The standard InChI is InChI=1S/C15H22N2O3/c1-10(11-5-4-6-12(7-11)19-3)17-14(18)15(2)9-20-8-13(15)16/h4-7,10,13H,8-9,16H2,1-3H3,(H,17,18)/t10-,13?,15?/m1/s1. The van der Waals surface area contributed by atoms with E-state index in [0.29, 0.717) is 13.2 Å². The van der Waals surface area contributed by atoms with Crippen molar-refractivity contribution >= 4 is 5.91 Å². The van der Waals surface area contributed by atoms with E-state index in [9.17, 15) is 4.79 Å². The minimum Gasteiger partial charge on any atom is -0.497 e. The zero-order valence-electron chi connectivity index (χ0n) is 12.2. The highest BCUT2D eigenvalue weighted by molar-refractivity contribution is 5.84. The van der Waals surface area contributed by atoms with Gasteiger partial charge in [0.15, 0.2) is 0 Å². The minimum atomic E-state index is -0.660. The fourth-order valence-corrected chi connectivity index (χ4v) is 2.28. The number of amides is 1. The van der Waals surface area contributed by atoms with Gasteiger partial charge in [0.25, 0.3) is 0 Å². The molecule has 110 valence electrons. The van der Waals surface area contributed by atoms with Crippen LogP contribution in [0.15, 0.2) is 24.3 Å². The van der Waals surface area contributed by atoms with Crippen molar-refractivity contribution in [1.29, 1.82) is 0 Å². The van der Waals surface area contributed by atoms with Gasteiger partial charge in [0.05, 0.1) is 31.8 Å². The quantitative estimate of drug-likeness (QED) is 0.869. The van der Waals surface area contributed by atoms with Gasteiger partial charge in [-0.25, -0.2) is 0 Å². The van der Waals surface area contributed by atoms with Gasteiger partial charge in [-0.05, 0) is 31.5 Å². The van der Waals surface area contributed by atoms with Crippen LogP contribution in [0.5, 0.6) is 5.75 Å². The summed E-state index contributed by atoms with van der Waals surface area (Å²) in [6, 6.07) is 7.28. The van der Waals surface area contributed by atoms with Gasteiger partial charge in [-0.15, -0.1) is 0 Å². The Balaban J connectivity index is 2.07. The number of ether oxygens (including phenoxy) is 2. The molecule has 2 unspecified atom stereocenters. The second-order valence-corrected chi connectivity index (χ2v) is 5.51. The molecule has 1 aromatic carbocycles. The molecule has 5 heteroatoms. The molecule has 5 nitrogen and oxygen atoms in total. The third-order valence-corrected chi connectivity index (χ3v) is 3.98. The monoisotopic (exact) mass is 278 g/mol. The predicted octanol–water partition coefficient (Wildman–Crippen LogP) is 1.24. The normalized spacial score (nSPS) is 27.1. The van der Waals surface area contributed by atoms with Crippen LogP contribution in [0.4, 0.5) is 0 Å². The van der Waals surface area contributed by atoms with Crippen LogP contribution in [-0.4, -0.2) is 32.3 Å². The van der Waals surface area contributed by atoms with Gasteiger partial charge in [-0.2, -0.15) is 0 Å². The fourth-order valence-electron chi connectivity index (χ4n) is 2.28. The first-order valence-electron chi connectivity index (χ1n) is 6.75. The van der Waals surface area contributed by atoms with Gasteiger partial charge < -0.3 is 20.5 Å². The highest BCUT2D eigenvalue weighted by atomic mass is 16.5. The fraction of sp³-hybridized carbons (Fsp3) is 0.533. The van der Waals surface area contributed by atoms with E-state index in [0.717, 1.165) is 11.3 Å². The number of nitrogens with one attached hydrogen (secondary N) is 1. The highest BCUT2D eigenvalue weighted by Gasteiger charge is 2.44. The summed E-state index contributed by atoms with van der Waals surface area (Å²) >= 11 is 0. The summed E-state index contributed by atoms with van der Waals surface area (Å²) in [5.74, 6) is 0.702. The summed E-state index contributed by atoms with van der Waals surface area (Å²) in [4.78, 5) is 12.4. The zero-order chi connectivity index (χ0) is 14.8. The average Bonchev–Trinajstić information content (AvgIpc) is 2.80. The summed E-state index contributed by atoms with van der Waals surface area (Å²) in [5, 5.41) is 3.01. The lowest BCUT2D eigenvalue weighted by Crippen LogP contribution is -2.50. The first-order chi connectivity index (χ1) is 9.47. The molecule has 0 radical (unpaired) electrons. The first-order valence-corrected chi connectivity index (χ1v) is 6.75. The summed E-state index contributed by atoms with van der Waals surface area (Å²) in [5.41, 5.74) is 6.30. The Morgan fingerprint density at radius 1 is 1.60 bits per heavy atom. The average molecular weight is 278 g/mol. The van der Waals surface area contributed by atoms with Crippen molar-refractivity contribution in [2.75, 3.05) is 20.3 Å². The minimum absolute atomic E-state index is 0.0715. The Kier molecular flexibility index (Phi) is 4.30.